The van der Waals surface area contributed by atoms with Gasteiger partial charge in [-0.3, -0.25) is 4.98 Å². The number of hydrogen-bond donors (Lipinski definition) is 1. The number of para-hydroxylation sites is 1. The molecule has 106 valence electrons. The highest BCUT2D eigenvalue weighted by atomic mass is 16.5. The van der Waals surface area contributed by atoms with Crippen molar-refractivity contribution in [3.63, 3.8) is 0 Å². The molecule has 0 fully saturated rings. The number of nitrogens with one attached hydrogen (secondary N) is 1. The number of anilines is 1. The number of pyridine rings is 1. The minimum Gasteiger partial charge on any atom is -0.464 e. The summed E-state index contributed by atoms with van der Waals surface area (Å²) in [4.78, 5) is 17.4. The maximum absolute atomic E-state index is 5.40. The van der Waals surface area contributed by atoms with Crippen molar-refractivity contribution in [1.29, 1.82) is 0 Å². The second-order valence-corrected chi connectivity index (χ2v) is 4.33. The molecule has 1 N–H and O–H groups in total. The summed E-state index contributed by atoms with van der Waals surface area (Å²) in [6.07, 6.45) is 1.76. The predicted molar refractivity (Wildman–Crippen MR) is 81.3 cm³/mol. The van der Waals surface area contributed by atoms with Gasteiger partial charge >= 0.3 is 6.01 Å². The van der Waals surface area contributed by atoms with Crippen LogP contribution in [-0.4, -0.2) is 33.6 Å². The fourth-order valence-electron chi connectivity index (χ4n) is 2.07. The summed E-state index contributed by atoms with van der Waals surface area (Å²) >= 11 is 0. The lowest BCUT2D eigenvalue weighted by molar-refractivity contribution is 0.312. The van der Waals surface area contributed by atoms with Crippen molar-refractivity contribution >= 4 is 16.9 Å². The van der Waals surface area contributed by atoms with Gasteiger partial charge in [0.2, 0.25) is 5.95 Å². The largest absolute Gasteiger partial charge is 0.464 e. The molecular weight excluding hydrogens is 266 g/mol. The molecule has 3 rings (SSSR count). The molecule has 0 unspecified atom stereocenters. The molecule has 0 saturated heterocycles. The highest BCUT2D eigenvalue weighted by Gasteiger charge is 2.11. The number of rotatable bonds is 4. The van der Waals surface area contributed by atoms with Crippen LogP contribution in [0, 0.1) is 0 Å². The van der Waals surface area contributed by atoms with Crippen LogP contribution < -0.4 is 10.1 Å². The van der Waals surface area contributed by atoms with Crippen LogP contribution in [0.1, 0.15) is 6.92 Å². The zero-order valence-electron chi connectivity index (χ0n) is 11.9. The number of hydrogen-bond acceptors (Lipinski definition) is 6. The van der Waals surface area contributed by atoms with Crippen LogP contribution in [0.5, 0.6) is 6.01 Å². The third-order valence-corrected chi connectivity index (χ3v) is 2.99. The zero-order chi connectivity index (χ0) is 14.7. The van der Waals surface area contributed by atoms with E-state index in [0.717, 1.165) is 16.5 Å². The fourth-order valence-corrected chi connectivity index (χ4v) is 2.07. The molecule has 0 radical (unpaired) electrons. The first kappa shape index (κ1) is 13.2. The molecule has 1 aromatic carbocycles. The molecule has 0 aliphatic carbocycles. The third-order valence-electron chi connectivity index (χ3n) is 2.99. The maximum Gasteiger partial charge on any atom is 0.321 e. The number of nitrogens with zero attached hydrogens (tertiary/aromatic N) is 4. The molecule has 6 heteroatoms. The van der Waals surface area contributed by atoms with Gasteiger partial charge in [0.15, 0.2) is 5.82 Å². The van der Waals surface area contributed by atoms with E-state index in [1.165, 1.54) is 0 Å². The first-order chi connectivity index (χ1) is 10.3. The van der Waals surface area contributed by atoms with E-state index < -0.39 is 0 Å². The quantitative estimate of drug-likeness (QED) is 0.792. The average molecular weight is 281 g/mol. The Balaban J connectivity index is 2.20. The Morgan fingerprint density at radius 3 is 2.76 bits per heavy atom. The van der Waals surface area contributed by atoms with Crippen LogP contribution in [0.4, 0.5) is 5.95 Å². The molecule has 0 saturated carbocycles. The van der Waals surface area contributed by atoms with Gasteiger partial charge in [-0.05, 0) is 19.1 Å². The normalized spacial score (nSPS) is 10.6. The summed E-state index contributed by atoms with van der Waals surface area (Å²) in [7, 11) is 1.76. The molecule has 0 aliphatic heterocycles. The Morgan fingerprint density at radius 1 is 1.10 bits per heavy atom. The highest BCUT2D eigenvalue weighted by Crippen LogP contribution is 2.25. The van der Waals surface area contributed by atoms with Crippen LogP contribution in [0.25, 0.3) is 22.3 Å². The minimum atomic E-state index is 0.305. The number of benzene rings is 1. The first-order valence-corrected chi connectivity index (χ1v) is 6.72. The summed E-state index contributed by atoms with van der Waals surface area (Å²) in [6, 6.07) is 10.1. The van der Waals surface area contributed by atoms with E-state index in [1.807, 2.05) is 37.3 Å². The van der Waals surface area contributed by atoms with E-state index in [1.54, 1.807) is 13.2 Å². The van der Waals surface area contributed by atoms with Gasteiger partial charge in [-0.1, -0.05) is 18.2 Å². The zero-order valence-corrected chi connectivity index (χ0v) is 11.9. The lowest BCUT2D eigenvalue weighted by atomic mass is 10.1. The van der Waals surface area contributed by atoms with Crippen molar-refractivity contribution in [2.24, 2.45) is 0 Å². The summed E-state index contributed by atoms with van der Waals surface area (Å²) in [6.45, 7) is 2.39. The second kappa shape index (κ2) is 5.70. The van der Waals surface area contributed by atoms with Crippen molar-refractivity contribution in [3.8, 4) is 17.4 Å². The molecule has 0 spiro atoms. The van der Waals surface area contributed by atoms with Gasteiger partial charge in [0.25, 0.3) is 0 Å². The number of aromatic nitrogens is 4. The van der Waals surface area contributed by atoms with Gasteiger partial charge in [-0.15, -0.1) is 0 Å². The van der Waals surface area contributed by atoms with Gasteiger partial charge in [-0.2, -0.15) is 15.0 Å². The van der Waals surface area contributed by atoms with Crippen LogP contribution in [0.2, 0.25) is 0 Å². The van der Waals surface area contributed by atoms with Crippen molar-refractivity contribution in [3.05, 3.63) is 36.5 Å². The van der Waals surface area contributed by atoms with E-state index in [2.05, 4.69) is 25.3 Å². The van der Waals surface area contributed by atoms with Gasteiger partial charge in [0, 0.05) is 24.2 Å². The van der Waals surface area contributed by atoms with Gasteiger partial charge < -0.3 is 10.1 Å². The van der Waals surface area contributed by atoms with Gasteiger partial charge in [0.1, 0.15) is 0 Å². The van der Waals surface area contributed by atoms with Gasteiger partial charge in [-0.25, -0.2) is 0 Å². The molecule has 3 aromatic rings. The van der Waals surface area contributed by atoms with E-state index in [4.69, 9.17) is 4.74 Å². The monoisotopic (exact) mass is 281 g/mol. The average Bonchev–Trinajstić information content (AvgIpc) is 2.54. The topological polar surface area (TPSA) is 72.8 Å². The Bertz CT molecular complexity index is 770. The van der Waals surface area contributed by atoms with Crippen molar-refractivity contribution in [2.75, 3.05) is 19.0 Å². The summed E-state index contributed by atoms with van der Waals surface area (Å²) in [5.41, 5.74) is 1.71. The molecule has 2 heterocycles. The molecule has 21 heavy (non-hydrogen) atoms. The second-order valence-electron chi connectivity index (χ2n) is 4.33. The Kier molecular flexibility index (Phi) is 3.59. The van der Waals surface area contributed by atoms with Crippen molar-refractivity contribution in [1.82, 2.24) is 19.9 Å². The van der Waals surface area contributed by atoms with E-state index in [9.17, 15) is 0 Å². The predicted octanol–water partition coefficient (Wildman–Crippen LogP) is 2.53. The number of fused-ring (bicyclic) bond motifs is 1. The Hall–Kier alpha value is -2.76. The van der Waals surface area contributed by atoms with Crippen molar-refractivity contribution < 1.29 is 4.74 Å². The maximum atomic E-state index is 5.40. The van der Waals surface area contributed by atoms with Crippen LogP contribution >= 0.6 is 0 Å². The van der Waals surface area contributed by atoms with E-state index >= 15 is 0 Å². The Morgan fingerprint density at radius 2 is 1.95 bits per heavy atom. The molecule has 6 nitrogen and oxygen atoms in total. The van der Waals surface area contributed by atoms with Crippen molar-refractivity contribution in [2.45, 2.75) is 6.92 Å². The minimum absolute atomic E-state index is 0.305. The molecule has 0 bridgehead atoms. The summed E-state index contributed by atoms with van der Waals surface area (Å²) in [5.74, 6) is 1.01. The SMILES string of the molecule is CCOc1nc(NC)nc(-c2cccc3cccnc23)n1. The number of ether oxygens (including phenoxy) is 1. The molecule has 0 aliphatic rings. The third kappa shape index (κ3) is 2.60. The standard InChI is InChI=1S/C15H15N5O/c1-3-21-15-19-13(18-14(16-2)20-15)11-8-4-6-10-7-5-9-17-12(10)11/h4-9H,3H2,1-2H3,(H,16,18,19,20). The summed E-state index contributed by atoms with van der Waals surface area (Å²) in [5, 5.41) is 3.96. The van der Waals surface area contributed by atoms with E-state index in [0.29, 0.717) is 24.4 Å². The smallest absolute Gasteiger partial charge is 0.321 e. The molecule has 0 atom stereocenters. The fraction of sp³-hybridized carbons (Fsp3) is 0.200. The molecule has 2 aromatic heterocycles. The first-order valence-electron chi connectivity index (χ1n) is 6.72. The van der Waals surface area contributed by atoms with Crippen LogP contribution in [-0.2, 0) is 0 Å². The van der Waals surface area contributed by atoms with E-state index in [-0.39, 0.29) is 0 Å². The van der Waals surface area contributed by atoms with Crippen LogP contribution in [0.3, 0.4) is 0 Å². The van der Waals surface area contributed by atoms with Crippen LogP contribution in [0.15, 0.2) is 36.5 Å². The molecular formula is C15H15N5O. The summed E-state index contributed by atoms with van der Waals surface area (Å²) < 4.78 is 5.40. The highest BCUT2D eigenvalue weighted by molar-refractivity contribution is 5.91. The van der Waals surface area contributed by atoms with Gasteiger partial charge in [0.05, 0.1) is 12.1 Å². The molecule has 0 amide bonds. The lowest BCUT2D eigenvalue weighted by Gasteiger charge is -2.08. The Labute approximate surface area is 122 Å². The lowest BCUT2D eigenvalue weighted by Crippen LogP contribution is -2.05.